The fourth-order valence-corrected chi connectivity index (χ4v) is 2.35. The number of rotatable bonds is 5. The second-order valence-electron chi connectivity index (χ2n) is 5.10. The van der Waals surface area contributed by atoms with Gasteiger partial charge in [0.15, 0.2) is 0 Å². The van der Waals surface area contributed by atoms with Crippen LogP contribution in [0, 0.1) is 6.92 Å². The van der Waals surface area contributed by atoms with Gasteiger partial charge in [-0.05, 0) is 25.1 Å². The van der Waals surface area contributed by atoms with Crippen LogP contribution in [0.2, 0.25) is 5.02 Å². The molecule has 0 aliphatic carbocycles. The van der Waals surface area contributed by atoms with Crippen molar-refractivity contribution in [1.29, 1.82) is 0 Å². The number of nitrogens with zero attached hydrogens (tertiary/aromatic N) is 3. The molecular formula is C15H15ClN4O3. The topological polar surface area (TPSA) is 82.2 Å². The number of imidazole rings is 1. The number of aryl methyl sites for hydroxylation is 2. The van der Waals surface area contributed by atoms with Gasteiger partial charge in [-0.3, -0.25) is 10.1 Å². The predicted molar refractivity (Wildman–Crippen MR) is 85.2 cm³/mol. The monoisotopic (exact) mass is 334 g/mol. The number of hydrogen-bond acceptors (Lipinski definition) is 5. The molecule has 1 amide bonds. The lowest BCUT2D eigenvalue weighted by Gasteiger charge is -2.05. The Hall–Kier alpha value is -2.38. The standard InChI is InChI=1S/C15H15ClN4O3/c1-9-5-11(19-23-9)7-22-8-14(21)18-15-17-12-6-10(16)3-4-13(12)20(15)2/h3-6H,7-8H2,1-2H3,(H,17,18,21). The first-order chi connectivity index (χ1) is 11.0. The molecule has 8 heteroatoms. The lowest BCUT2D eigenvalue weighted by molar-refractivity contribution is -0.121. The molecule has 0 saturated carbocycles. The molecule has 0 aliphatic heterocycles. The van der Waals surface area contributed by atoms with E-state index in [0.29, 0.717) is 27.9 Å². The third kappa shape index (κ3) is 3.52. The molecule has 1 aromatic carbocycles. The smallest absolute Gasteiger partial charge is 0.252 e. The van der Waals surface area contributed by atoms with Crippen molar-refractivity contribution in [2.45, 2.75) is 13.5 Å². The third-order valence-corrected chi connectivity index (χ3v) is 3.49. The number of anilines is 1. The van der Waals surface area contributed by atoms with E-state index >= 15 is 0 Å². The molecule has 3 rings (SSSR count). The average Bonchev–Trinajstić information content (AvgIpc) is 3.03. The Kier molecular flexibility index (Phi) is 4.31. The zero-order valence-electron chi connectivity index (χ0n) is 12.7. The normalized spacial score (nSPS) is 11.1. The van der Waals surface area contributed by atoms with Gasteiger partial charge in [-0.25, -0.2) is 4.98 Å². The summed E-state index contributed by atoms with van der Waals surface area (Å²) in [6.45, 7) is 1.90. The Balaban J connectivity index is 1.60. The summed E-state index contributed by atoms with van der Waals surface area (Å²) in [5.41, 5.74) is 2.24. The van der Waals surface area contributed by atoms with Gasteiger partial charge in [0.2, 0.25) is 5.95 Å². The first-order valence-electron chi connectivity index (χ1n) is 6.94. The molecule has 23 heavy (non-hydrogen) atoms. The molecule has 0 atom stereocenters. The molecule has 1 N–H and O–H groups in total. The zero-order valence-corrected chi connectivity index (χ0v) is 13.4. The summed E-state index contributed by atoms with van der Waals surface area (Å²) in [5, 5.41) is 7.10. The summed E-state index contributed by atoms with van der Waals surface area (Å²) in [6, 6.07) is 7.13. The maximum atomic E-state index is 11.9. The molecule has 3 aromatic rings. The van der Waals surface area contributed by atoms with E-state index in [4.69, 9.17) is 20.9 Å². The quantitative estimate of drug-likeness (QED) is 0.775. The van der Waals surface area contributed by atoms with Gasteiger partial charge in [0.1, 0.15) is 18.1 Å². The summed E-state index contributed by atoms with van der Waals surface area (Å²) >= 11 is 5.94. The molecule has 0 bridgehead atoms. The van der Waals surface area contributed by atoms with Crippen molar-refractivity contribution in [2.75, 3.05) is 11.9 Å². The predicted octanol–water partition coefficient (Wildman–Crippen LogP) is 2.68. The van der Waals surface area contributed by atoms with E-state index in [2.05, 4.69) is 15.5 Å². The molecule has 2 aromatic heterocycles. The number of ether oxygens (including phenoxy) is 1. The number of carbonyl (C=O) groups excluding carboxylic acids is 1. The zero-order chi connectivity index (χ0) is 16.4. The summed E-state index contributed by atoms with van der Waals surface area (Å²) in [4.78, 5) is 16.3. The van der Waals surface area contributed by atoms with E-state index in [1.54, 1.807) is 29.7 Å². The number of fused-ring (bicyclic) bond motifs is 1. The minimum atomic E-state index is -0.297. The van der Waals surface area contributed by atoms with Crippen molar-refractivity contribution in [1.82, 2.24) is 14.7 Å². The van der Waals surface area contributed by atoms with E-state index in [9.17, 15) is 4.79 Å². The highest BCUT2D eigenvalue weighted by molar-refractivity contribution is 6.31. The Labute approximate surface area is 137 Å². The van der Waals surface area contributed by atoms with Gasteiger partial charge in [0.25, 0.3) is 5.91 Å². The van der Waals surface area contributed by atoms with Gasteiger partial charge in [0.05, 0.1) is 17.6 Å². The molecule has 0 aliphatic rings. The van der Waals surface area contributed by atoms with Crippen LogP contribution in [0.25, 0.3) is 11.0 Å². The van der Waals surface area contributed by atoms with Gasteiger partial charge in [-0.2, -0.15) is 0 Å². The molecule has 7 nitrogen and oxygen atoms in total. The maximum Gasteiger partial charge on any atom is 0.252 e. The molecule has 0 unspecified atom stereocenters. The Morgan fingerprint density at radius 2 is 2.26 bits per heavy atom. The molecule has 0 radical (unpaired) electrons. The highest BCUT2D eigenvalue weighted by atomic mass is 35.5. The number of benzene rings is 1. The summed E-state index contributed by atoms with van der Waals surface area (Å²) in [6.07, 6.45) is 0. The lowest BCUT2D eigenvalue weighted by Crippen LogP contribution is -2.20. The largest absolute Gasteiger partial charge is 0.365 e. The molecule has 0 saturated heterocycles. The van der Waals surface area contributed by atoms with Crippen LogP contribution in [0.4, 0.5) is 5.95 Å². The summed E-state index contributed by atoms with van der Waals surface area (Å²) < 4.78 is 12.0. The van der Waals surface area contributed by atoms with Crippen molar-refractivity contribution in [2.24, 2.45) is 7.05 Å². The van der Waals surface area contributed by atoms with Crippen LogP contribution in [-0.4, -0.2) is 27.2 Å². The number of carbonyl (C=O) groups is 1. The highest BCUT2D eigenvalue weighted by Gasteiger charge is 2.11. The Morgan fingerprint density at radius 3 is 3.00 bits per heavy atom. The number of halogens is 1. The Bertz CT molecular complexity index is 856. The molecule has 0 fully saturated rings. The maximum absolute atomic E-state index is 11.9. The van der Waals surface area contributed by atoms with E-state index < -0.39 is 0 Å². The first kappa shape index (κ1) is 15.5. The van der Waals surface area contributed by atoms with Gasteiger partial charge >= 0.3 is 0 Å². The first-order valence-corrected chi connectivity index (χ1v) is 7.32. The van der Waals surface area contributed by atoms with Crippen molar-refractivity contribution < 1.29 is 14.1 Å². The number of aromatic nitrogens is 3. The third-order valence-electron chi connectivity index (χ3n) is 3.25. The fourth-order valence-electron chi connectivity index (χ4n) is 2.18. The molecule has 0 spiro atoms. The van der Waals surface area contributed by atoms with Crippen LogP contribution >= 0.6 is 11.6 Å². The Morgan fingerprint density at radius 1 is 1.43 bits per heavy atom. The van der Waals surface area contributed by atoms with E-state index in [0.717, 1.165) is 5.52 Å². The van der Waals surface area contributed by atoms with Crippen LogP contribution in [0.3, 0.4) is 0 Å². The molecule has 120 valence electrons. The fraction of sp³-hybridized carbons (Fsp3) is 0.267. The summed E-state index contributed by atoms with van der Waals surface area (Å²) in [5.74, 6) is 0.842. The van der Waals surface area contributed by atoms with E-state index in [-0.39, 0.29) is 19.1 Å². The molecule has 2 heterocycles. The number of amides is 1. The van der Waals surface area contributed by atoms with E-state index in [1.807, 2.05) is 13.1 Å². The minimum Gasteiger partial charge on any atom is -0.365 e. The van der Waals surface area contributed by atoms with Gasteiger partial charge in [0, 0.05) is 18.1 Å². The second-order valence-corrected chi connectivity index (χ2v) is 5.53. The number of nitrogens with one attached hydrogen (secondary N) is 1. The van der Waals surface area contributed by atoms with Crippen molar-refractivity contribution in [3.63, 3.8) is 0 Å². The second kappa shape index (κ2) is 6.39. The van der Waals surface area contributed by atoms with Crippen LogP contribution in [-0.2, 0) is 23.2 Å². The van der Waals surface area contributed by atoms with Gasteiger partial charge in [-0.1, -0.05) is 16.8 Å². The van der Waals surface area contributed by atoms with Crippen LogP contribution in [0.15, 0.2) is 28.8 Å². The van der Waals surface area contributed by atoms with Gasteiger partial charge < -0.3 is 13.8 Å². The number of hydrogen-bond donors (Lipinski definition) is 1. The average molecular weight is 335 g/mol. The van der Waals surface area contributed by atoms with Crippen LogP contribution < -0.4 is 5.32 Å². The van der Waals surface area contributed by atoms with E-state index in [1.165, 1.54) is 0 Å². The van der Waals surface area contributed by atoms with Crippen molar-refractivity contribution in [3.05, 3.63) is 40.7 Å². The lowest BCUT2D eigenvalue weighted by atomic mass is 10.3. The highest BCUT2D eigenvalue weighted by Crippen LogP contribution is 2.21. The summed E-state index contributed by atoms with van der Waals surface area (Å²) in [7, 11) is 1.82. The van der Waals surface area contributed by atoms with Crippen LogP contribution in [0.1, 0.15) is 11.5 Å². The van der Waals surface area contributed by atoms with Crippen molar-refractivity contribution >= 4 is 34.5 Å². The van der Waals surface area contributed by atoms with Crippen molar-refractivity contribution in [3.8, 4) is 0 Å². The minimum absolute atomic E-state index is 0.101. The van der Waals surface area contributed by atoms with Gasteiger partial charge in [-0.15, -0.1) is 0 Å². The SMILES string of the molecule is Cc1cc(COCC(=O)Nc2nc3cc(Cl)ccc3n2C)no1. The van der Waals surface area contributed by atoms with Crippen LogP contribution in [0.5, 0.6) is 0 Å². The molecular weight excluding hydrogens is 320 g/mol.